The molecule has 0 radical (unpaired) electrons. The lowest BCUT2D eigenvalue weighted by Crippen LogP contribution is -1.90. The summed E-state index contributed by atoms with van der Waals surface area (Å²) >= 11 is 0. The van der Waals surface area contributed by atoms with Crippen molar-refractivity contribution in [3.05, 3.63) is 0 Å². The van der Waals surface area contributed by atoms with Gasteiger partial charge in [-0.15, -0.1) is 0 Å². The molecular weight excluding hydrogens is 76.1 g/mol. The predicted octanol–water partition coefficient (Wildman–Crippen LogP) is -0.310. The second kappa shape index (κ2) is 3.85. The molecule has 0 aliphatic carbocycles. The van der Waals surface area contributed by atoms with Crippen molar-refractivity contribution in [3.8, 4) is 18.0 Å². The van der Waals surface area contributed by atoms with Gasteiger partial charge in [0, 0.05) is 19.0 Å². The molecule has 0 rings (SSSR count). The predicted molar refractivity (Wildman–Crippen MR) is 22.4 cm³/mol. The summed E-state index contributed by atoms with van der Waals surface area (Å²) < 4.78 is 0. The minimum atomic E-state index is 1.64. The first-order chi connectivity index (χ1) is 2.91. The minimum Gasteiger partial charge on any atom is -0.348 e. The highest BCUT2D eigenvalue weighted by atomic mass is 14.8. The van der Waals surface area contributed by atoms with Crippen molar-refractivity contribution in [3.63, 3.8) is 0 Å². The van der Waals surface area contributed by atoms with Gasteiger partial charge in [0.15, 0.2) is 6.07 Å². The first-order valence-corrected chi connectivity index (χ1v) is 1.47. The van der Waals surface area contributed by atoms with Gasteiger partial charge in [-0.05, 0) is 0 Å². The van der Waals surface area contributed by atoms with Crippen LogP contribution in [-0.2, 0) is 0 Å². The Balaban J connectivity index is 3.22. The van der Waals surface area contributed by atoms with Gasteiger partial charge >= 0.3 is 0 Å². The van der Waals surface area contributed by atoms with Crippen LogP contribution in [0.4, 0.5) is 0 Å². The van der Waals surface area contributed by atoms with E-state index in [0.29, 0.717) is 0 Å². The lowest BCUT2D eigenvalue weighted by Gasteiger charge is -1.67. The van der Waals surface area contributed by atoms with Crippen LogP contribution in [-0.4, -0.2) is 7.05 Å². The highest BCUT2D eigenvalue weighted by Gasteiger charge is 1.49. The van der Waals surface area contributed by atoms with Crippen molar-refractivity contribution in [1.29, 1.82) is 5.26 Å². The number of nitrogens with one attached hydrogen (secondary N) is 1. The molecule has 2 heteroatoms. The summed E-state index contributed by atoms with van der Waals surface area (Å²) in [5, 5.41) is 10.2. The Bertz CT molecular complexity index is 110. The number of rotatable bonds is 0. The molecule has 0 amide bonds. The maximum absolute atomic E-state index is 7.73. The lowest BCUT2D eigenvalue weighted by molar-refractivity contribution is 1.16. The van der Waals surface area contributed by atoms with Crippen LogP contribution in [0.2, 0.25) is 0 Å². The van der Waals surface area contributed by atoms with Crippen LogP contribution >= 0.6 is 0 Å². The SMILES string of the molecule is CNC#CC#N. The standard InChI is InChI=1S/C4H4N2/c1-6-4-2-3-5/h6H,1H3. The van der Waals surface area contributed by atoms with E-state index in [1.807, 2.05) is 0 Å². The summed E-state index contributed by atoms with van der Waals surface area (Å²) in [7, 11) is 1.66. The average Bonchev–Trinajstić information content (AvgIpc) is 1.61. The molecule has 0 unspecified atom stereocenters. The van der Waals surface area contributed by atoms with Gasteiger partial charge in [0.05, 0.1) is 0 Å². The molecule has 0 saturated heterocycles. The Kier molecular flexibility index (Phi) is 3.11. The molecule has 0 heterocycles. The van der Waals surface area contributed by atoms with Gasteiger partial charge in [-0.1, -0.05) is 0 Å². The monoisotopic (exact) mass is 80.0 g/mol. The van der Waals surface area contributed by atoms with Crippen LogP contribution in [0.15, 0.2) is 0 Å². The van der Waals surface area contributed by atoms with Crippen LogP contribution in [0.5, 0.6) is 0 Å². The fourth-order valence-electron chi connectivity index (χ4n) is 0.0905. The molecule has 0 saturated carbocycles. The van der Waals surface area contributed by atoms with Crippen LogP contribution in [0, 0.1) is 23.3 Å². The Hall–Kier alpha value is -1.15. The van der Waals surface area contributed by atoms with Crippen molar-refractivity contribution in [2.24, 2.45) is 0 Å². The van der Waals surface area contributed by atoms with Crippen molar-refractivity contribution in [2.75, 3.05) is 7.05 Å². The second-order valence-corrected chi connectivity index (χ2v) is 0.612. The molecule has 0 bridgehead atoms. The topological polar surface area (TPSA) is 35.8 Å². The number of hydrogen-bond acceptors (Lipinski definition) is 2. The smallest absolute Gasteiger partial charge is 0.154 e. The van der Waals surface area contributed by atoms with Crippen LogP contribution < -0.4 is 5.32 Å². The first kappa shape index (κ1) is 4.85. The maximum atomic E-state index is 7.73. The van der Waals surface area contributed by atoms with E-state index < -0.39 is 0 Å². The van der Waals surface area contributed by atoms with Gasteiger partial charge in [-0.2, -0.15) is 5.26 Å². The van der Waals surface area contributed by atoms with Gasteiger partial charge in [0.2, 0.25) is 0 Å². The van der Waals surface area contributed by atoms with Gasteiger partial charge < -0.3 is 5.32 Å². The highest BCUT2D eigenvalue weighted by Crippen LogP contribution is 1.38. The van der Waals surface area contributed by atoms with Gasteiger partial charge in [-0.3, -0.25) is 0 Å². The van der Waals surface area contributed by atoms with Gasteiger partial charge in [0.1, 0.15) is 0 Å². The van der Waals surface area contributed by atoms with Crippen LogP contribution in [0.25, 0.3) is 0 Å². The minimum absolute atomic E-state index is 1.64. The summed E-state index contributed by atoms with van der Waals surface area (Å²) in [6.07, 6.45) is 0. The maximum Gasteiger partial charge on any atom is 0.154 e. The quantitative estimate of drug-likeness (QED) is 0.320. The molecule has 0 aliphatic rings. The third-order valence-corrected chi connectivity index (χ3v) is 0.243. The third kappa shape index (κ3) is 2.85. The Morgan fingerprint density at radius 1 is 1.67 bits per heavy atom. The third-order valence-electron chi connectivity index (χ3n) is 0.243. The van der Waals surface area contributed by atoms with Gasteiger partial charge in [-0.25, -0.2) is 0 Å². The molecular formula is C4H4N2. The second-order valence-electron chi connectivity index (χ2n) is 0.612. The van der Waals surface area contributed by atoms with Crippen molar-refractivity contribution in [2.45, 2.75) is 0 Å². The molecule has 0 atom stereocenters. The number of hydrogen-bond donors (Lipinski definition) is 1. The zero-order chi connectivity index (χ0) is 4.83. The summed E-state index contributed by atoms with van der Waals surface area (Å²) in [4.78, 5) is 0. The van der Waals surface area contributed by atoms with Crippen molar-refractivity contribution < 1.29 is 0 Å². The van der Waals surface area contributed by atoms with E-state index in [2.05, 4.69) is 17.3 Å². The largest absolute Gasteiger partial charge is 0.348 e. The van der Waals surface area contributed by atoms with Crippen LogP contribution in [0.1, 0.15) is 0 Å². The van der Waals surface area contributed by atoms with Crippen molar-refractivity contribution >= 4 is 0 Å². The van der Waals surface area contributed by atoms with E-state index in [-0.39, 0.29) is 0 Å². The molecule has 0 aromatic rings. The molecule has 2 nitrogen and oxygen atoms in total. The molecule has 0 fully saturated rings. The van der Waals surface area contributed by atoms with Gasteiger partial charge in [0.25, 0.3) is 0 Å². The van der Waals surface area contributed by atoms with E-state index in [9.17, 15) is 0 Å². The Morgan fingerprint density at radius 3 is 2.50 bits per heavy atom. The Labute approximate surface area is 36.8 Å². The molecule has 6 heavy (non-hydrogen) atoms. The Morgan fingerprint density at radius 2 is 2.33 bits per heavy atom. The molecule has 0 spiro atoms. The highest BCUT2D eigenvalue weighted by molar-refractivity contribution is 5.14. The molecule has 0 aromatic heterocycles. The summed E-state index contributed by atoms with van der Waals surface area (Å²) in [6, 6.07) is 3.98. The average molecular weight is 80.1 g/mol. The zero-order valence-electron chi connectivity index (χ0n) is 3.45. The van der Waals surface area contributed by atoms with Crippen LogP contribution in [0.3, 0.4) is 0 Å². The normalized spacial score (nSPS) is 4.00. The zero-order valence-corrected chi connectivity index (χ0v) is 3.45. The summed E-state index contributed by atoms with van der Waals surface area (Å²) in [5.41, 5.74) is 0. The molecule has 30 valence electrons. The van der Waals surface area contributed by atoms with Crippen molar-refractivity contribution in [1.82, 2.24) is 5.32 Å². The number of nitrogens with zero attached hydrogens (tertiary/aromatic N) is 1. The fraction of sp³-hybridized carbons (Fsp3) is 0.250. The lowest BCUT2D eigenvalue weighted by atomic mass is 10.8. The summed E-state index contributed by atoms with van der Waals surface area (Å²) in [6.45, 7) is 0. The van der Waals surface area contributed by atoms with E-state index in [1.54, 1.807) is 13.1 Å². The molecule has 1 N–H and O–H groups in total. The molecule has 0 aliphatic heterocycles. The summed E-state index contributed by atoms with van der Waals surface area (Å²) in [5.74, 6) is 2.14. The van der Waals surface area contributed by atoms with E-state index in [4.69, 9.17) is 5.26 Å². The first-order valence-electron chi connectivity index (χ1n) is 1.47. The number of nitriles is 1. The van der Waals surface area contributed by atoms with E-state index in [1.165, 1.54) is 0 Å². The molecule has 0 aromatic carbocycles. The van der Waals surface area contributed by atoms with E-state index in [0.717, 1.165) is 0 Å². The fourth-order valence-corrected chi connectivity index (χ4v) is 0.0905. The van der Waals surface area contributed by atoms with E-state index >= 15 is 0 Å².